The van der Waals surface area contributed by atoms with Gasteiger partial charge in [-0.05, 0) is 54.8 Å². The topological polar surface area (TPSA) is 259 Å². The van der Waals surface area contributed by atoms with E-state index in [2.05, 4.69) is 20.5 Å². The van der Waals surface area contributed by atoms with Crippen molar-refractivity contribution in [2.45, 2.75) is 21.6 Å². The van der Waals surface area contributed by atoms with Crippen molar-refractivity contribution in [3.8, 4) is 5.75 Å². The van der Waals surface area contributed by atoms with Gasteiger partial charge in [0.1, 0.15) is 26.9 Å². The van der Waals surface area contributed by atoms with Gasteiger partial charge in [-0.1, -0.05) is 17.7 Å². The van der Waals surface area contributed by atoms with Crippen molar-refractivity contribution in [1.82, 2.24) is 0 Å². The molecule has 0 aliphatic carbocycles. The zero-order chi connectivity index (χ0) is 31.2. The minimum Gasteiger partial charge on any atom is -0.505 e. The van der Waals surface area contributed by atoms with Gasteiger partial charge in [0.05, 0.1) is 21.7 Å². The number of benzene rings is 4. The monoisotopic (exact) mass is 639 g/mol. The molecule has 0 aliphatic rings. The van der Waals surface area contributed by atoms with E-state index in [0.29, 0.717) is 18.2 Å². The van der Waals surface area contributed by atoms with Crippen molar-refractivity contribution < 1.29 is 48.4 Å². The van der Waals surface area contributed by atoms with Gasteiger partial charge in [0.25, 0.3) is 30.4 Å². The third-order valence-corrected chi connectivity index (χ3v) is 8.23. The van der Waals surface area contributed by atoms with Gasteiger partial charge in [0, 0.05) is 0 Å². The maximum atomic E-state index is 14.4. The van der Waals surface area contributed by atoms with Crippen LogP contribution in [0.25, 0.3) is 10.8 Å². The fourth-order valence-corrected chi connectivity index (χ4v) is 5.48. The number of aryl methyl sites for hydroxylation is 1. The average Bonchev–Trinajstić information content (AvgIpc) is 2.87. The van der Waals surface area contributed by atoms with Crippen LogP contribution in [0.15, 0.2) is 89.7 Å². The van der Waals surface area contributed by atoms with Crippen molar-refractivity contribution in [2.24, 2.45) is 20.5 Å². The lowest BCUT2D eigenvalue weighted by molar-refractivity contribution is 0.472. The Labute approximate surface area is 237 Å². The maximum absolute atomic E-state index is 14.4. The quantitative estimate of drug-likeness (QED) is 0.100. The molecule has 0 saturated heterocycles. The summed E-state index contributed by atoms with van der Waals surface area (Å²) in [5.41, 5.74) is 4.33. The van der Waals surface area contributed by atoms with E-state index in [4.69, 9.17) is 10.3 Å². The smallest absolute Gasteiger partial charge is 0.296 e. The Morgan fingerprint density at radius 2 is 1.26 bits per heavy atom. The van der Waals surface area contributed by atoms with Crippen molar-refractivity contribution >= 4 is 69.6 Å². The molecular formula is C23H18FN5O10S3. The van der Waals surface area contributed by atoms with Gasteiger partial charge in [-0.25, -0.2) is 4.39 Å². The van der Waals surface area contributed by atoms with Crippen LogP contribution in [0.5, 0.6) is 5.75 Å². The minimum absolute atomic E-state index is 0.254. The summed E-state index contributed by atoms with van der Waals surface area (Å²) in [5.74, 6) is -2.40. The number of fused-ring (bicyclic) bond motifs is 1. The summed E-state index contributed by atoms with van der Waals surface area (Å²) in [6, 6.07) is 9.74. The first-order valence-corrected chi connectivity index (χ1v) is 15.4. The molecule has 4 aromatic rings. The molecule has 0 radical (unpaired) electrons. The maximum Gasteiger partial charge on any atom is 0.296 e. The summed E-state index contributed by atoms with van der Waals surface area (Å²) >= 11 is 0. The van der Waals surface area contributed by atoms with Crippen LogP contribution in [-0.4, -0.2) is 44.0 Å². The number of phenolic OH excluding ortho intramolecular Hbond substituents is 1. The summed E-state index contributed by atoms with van der Waals surface area (Å²) in [5, 5.41) is 24.8. The van der Waals surface area contributed by atoms with Crippen LogP contribution >= 0.6 is 0 Å². The molecule has 0 bridgehead atoms. The number of azo groups is 2. The third-order valence-electron chi connectivity index (χ3n) is 5.64. The molecule has 42 heavy (non-hydrogen) atoms. The van der Waals surface area contributed by atoms with Gasteiger partial charge in [-0.15, -0.1) is 15.3 Å². The number of aromatic hydroxyl groups is 1. The molecule has 0 aromatic heterocycles. The molecule has 220 valence electrons. The molecule has 19 heteroatoms. The van der Waals surface area contributed by atoms with Gasteiger partial charge in [0.2, 0.25) is 0 Å². The van der Waals surface area contributed by atoms with Crippen molar-refractivity contribution in [3.63, 3.8) is 0 Å². The fourth-order valence-electron chi connectivity index (χ4n) is 3.66. The number of nitrogens with zero attached hydrogens (tertiary/aromatic N) is 4. The van der Waals surface area contributed by atoms with Crippen molar-refractivity contribution in [1.29, 1.82) is 0 Å². The van der Waals surface area contributed by atoms with E-state index in [1.807, 2.05) is 0 Å². The number of rotatable bonds is 7. The van der Waals surface area contributed by atoms with Gasteiger partial charge in [-0.3, -0.25) is 13.7 Å². The van der Waals surface area contributed by atoms with Crippen LogP contribution < -0.4 is 5.73 Å². The van der Waals surface area contributed by atoms with Crippen molar-refractivity contribution in [2.75, 3.05) is 5.73 Å². The standard InChI is InChI=1S/C23H18FN5O10S3/c1-11-2-4-13(5-3-11)26-28-21-17(41(34,35)36)8-12-9-18(42(37,38)39)22(23(30)19(12)20(21)25)29-27-16-7-6-14(10-15(16)24)40(31,32)33/h2-10,30H,25H2,1H3,(H,31,32,33)(H,34,35,36)(H,37,38,39). The van der Waals surface area contributed by atoms with Gasteiger partial charge in [0.15, 0.2) is 11.6 Å². The Morgan fingerprint density at radius 1 is 0.714 bits per heavy atom. The summed E-state index contributed by atoms with van der Waals surface area (Å²) in [4.78, 5) is -2.86. The minimum atomic E-state index is -5.22. The second-order valence-corrected chi connectivity index (χ2v) is 12.8. The number of nitrogens with two attached hydrogens (primary N) is 1. The zero-order valence-corrected chi connectivity index (χ0v) is 23.4. The van der Waals surface area contributed by atoms with Gasteiger partial charge in [-0.2, -0.15) is 30.4 Å². The molecule has 0 unspecified atom stereocenters. The van der Waals surface area contributed by atoms with Crippen LogP contribution in [0.4, 0.5) is 32.8 Å². The fraction of sp³-hybridized carbons (Fsp3) is 0.0435. The summed E-state index contributed by atoms with van der Waals surface area (Å²) < 4.78 is 114. The predicted octanol–water partition coefficient (Wildman–Crippen LogP) is 5.15. The van der Waals surface area contributed by atoms with E-state index < -0.39 is 90.1 Å². The Morgan fingerprint density at radius 3 is 1.79 bits per heavy atom. The summed E-state index contributed by atoms with van der Waals surface area (Å²) in [7, 11) is -15.1. The molecule has 0 spiro atoms. The zero-order valence-electron chi connectivity index (χ0n) is 20.9. The Hall–Kier alpha value is -4.40. The Kier molecular flexibility index (Phi) is 7.84. The van der Waals surface area contributed by atoms with Crippen LogP contribution in [0.2, 0.25) is 0 Å². The average molecular weight is 640 g/mol. The lowest BCUT2D eigenvalue weighted by Gasteiger charge is -2.14. The Balaban J connectivity index is 1.99. The van der Waals surface area contributed by atoms with E-state index in [-0.39, 0.29) is 5.69 Å². The van der Waals surface area contributed by atoms with E-state index in [9.17, 15) is 43.9 Å². The van der Waals surface area contributed by atoms with Crippen molar-refractivity contribution in [3.05, 3.63) is 66.0 Å². The molecule has 0 atom stereocenters. The largest absolute Gasteiger partial charge is 0.505 e. The van der Waals surface area contributed by atoms with E-state index in [0.717, 1.165) is 17.7 Å². The van der Waals surface area contributed by atoms with Gasteiger partial charge >= 0.3 is 0 Å². The predicted molar refractivity (Wildman–Crippen MR) is 145 cm³/mol. The van der Waals surface area contributed by atoms with Crippen LogP contribution in [-0.2, 0) is 30.4 Å². The highest BCUT2D eigenvalue weighted by molar-refractivity contribution is 7.86. The second-order valence-electron chi connectivity index (χ2n) is 8.58. The molecular weight excluding hydrogens is 621 g/mol. The molecule has 0 amide bonds. The number of halogens is 1. The number of hydrogen-bond donors (Lipinski definition) is 5. The van der Waals surface area contributed by atoms with E-state index >= 15 is 0 Å². The lowest BCUT2D eigenvalue weighted by atomic mass is 10.1. The third kappa shape index (κ3) is 6.25. The first kappa shape index (κ1) is 30.6. The van der Waals surface area contributed by atoms with Crippen LogP contribution in [0, 0.1) is 12.7 Å². The molecule has 0 saturated carbocycles. The first-order chi connectivity index (χ1) is 19.4. The van der Waals surface area contributed by atoms with Crippen LogP contribution in [0.1, 0.15) is 5.56 Å². The Bertz CT molecular complexity index is 2150. The first-order valence-electron chi connectivity index (χ1n) is 11.1. The number of nitrogen functional groups attached to an aromatic ring is 1. The van der Waals surface area contributed by atoms with Crippen LogP contribution in [0.3, 0.4) is 0 Å². The molecule has 6 N–H and O–H groups in total. The number of hydrogen-bond acceptors (Lipinski definition) is 12. The molecule has 0 aliphatic heterocycles. The summed E-state index contributed by atoms with van der Waals surface area (Å²) in [6.07, 6.45) is 0. The summed E-state index contributed by atoms with van der Waals surface area (Å²) in [6.45, 7) is 1.81. The molecule has 4 rings (SSSR count). The molecule has 0 heterocycles. The lowest BCUT2D eigenvalue weighted by Crippen LogP contribution is -2.03. The van der Waals surface area contributed by atoms with Gasteiger partial charge < -0.3 is 10.8 Å². The number of anilines is 1. The van der Waals surface area contributed by atoms with E-state index in [1.165, 1.54) is 0 Å². The highest BCUT2D eigenvalue weighted by Crippen LogP contribution is 2.48. The highest BCUT2D eigenvalue weighted by Gasteiger charge is 2.28. The second kappa shape index (κ2) is 10.8. The molecule has 4 aromatic carbocycles. The number of phenols is 1. The SMILES string of the molecule is Cc1ccc(N=Nc2c(S(=O)(=O)O)cc3cc(S(=O)(=O)O)c(N=Nc4ccc(S(=O)(=O)O)cc4F)c(O)c3c2N)cc1. The normalized spacial score (nSPS) is 13.0. The molecule has 15 nitrogen and oxygen atoms in total. The molecule has 0 fully saturated rings. The van der Waals surface area contributed by atoms with E-state index in [1.54, 1.807) is 31.2 Å². The highest BCUT2D eigenvalue weighted by atomic mass is 32.2.